The molecule has 2 aromatic rings. The number of carbonyl (C=O) groups excluding carboxylic acids is 2. The Kier molecular flexibility index (Phi) is 12.9. The Hall–Kier alpha value is -3.03. The van der Waals surface area contributed by atoms with Crippen LogP contribution in [0.3, 0.4) is 0 Å². The first-order chi connectivity index (χ1) is 17.3. The molecule has 0 atom stereocenters. The summed E-state index contributed by atoms with van der Waals surface area (Å²) >= 11 is 0. The second kappa shape index (κ2) is 15.9. The van der Waals surface area contributed by atoms with Gasteiger partial charge in [-0.2, -0.15) is 13.2 Å². The van der Waals surface area contributed by atoms with Gasteiger partial charge in [-0.1, -0.05) is 82.6 Å². The number of nitrogens with one attached hydrogen (secondary N) is 2. The zero-order chi connectivity index (χ0) is 26.2. The summed E-state index contributed by atoms with van der Waals surface area (Å²) in [5.41, 5.74) is -0.212. The van der Waals surface area contributed by atoms with Gasteiger partial charge in [-0.05, 0) is 36.8 Å². The maximum absolute atomic E-state index is 13.0. The van der Waals surface area contributed by atoms with E-state index in [0.29, 0.717) is 12.1 Å². The molecule has 0 aromatic heterocycles. The molecule has 0 aliphatic heterocycles. The molecular formula is C28H38F3N3O2. The first kappa shape index (κ1) is 29.2. The minimum absolute atomic E-state index is 0.0464. The number of halogens is 3. The maximum Gasteiger partial charge on any atom is 0.416 e. The molecule has 0 radical (unpaired) electrons. The van der Waals surface area contributed by atoms with Gasteiger partial charge < -0.3 is 10.6 Å². The van der Waals surface area contributed by atoms with E-state index in [1.54, 1.807) is 30.3 Å². The van der Waals surface area contributed by atoms with E-state index in [2.05, 4.69) is 17.6 Å². The van der Waals surface area contributed by atoms with E-state index in [1.165, 1.54) is 55.6 Å². The molecule has 8 heteroatoms. The number of amides is 3. The molecule has 0 aliphatic carbocycles. The van der Waals surface area contributed by atoms with Gasteiger partial charge in [0, 0.05) is 30.9 Å². The fourth-order valence-corrected chi connectivity index (χ4v) is 3.91. The summed E-state index contributed by atoms with van der Waals surface area (Å²) in [5, 5.41) is 5.38. The van der Waals surface area contributed by atoms with Crippen LogP contribution in [0.2, 0.25) is 0 Å². The van der Waals surface area contributed by atoms with Gasteiger partial charge in [-0.15, -0.1) is 0 Å². The summed E-state index contributed by atoms with van der Waals surface area (Å²) in [4.78, 5) is 26.6. The Bertz CT molecular complexity index is 920. The van der Waals surface area contributed by atoms with E-state index >= 15 is 0 Å². The number of nitrogens with zero attached hydrogens (tertiary/aromatic N) is 1. The van der Waals surface area contributed by atoms with Crippen molar-refractivity contribution in [2.24, 2.45) is 0 Å². The summed E-state index contributed by atoms with van der Waals surface area (Å²) in [6.45, 7) is 2.62. The number of benzene rings is 2. The topological polar surface area (TPSA) is 61.4 Å². The van der Waals surface area contributed by atoms with Crippen LogP contribution in [0, 0.1) is 0 Å². The Morgan fingerprint density at radius 1 is 0.833 bits per heavy atom. The van der Waals surface area contributed by atoms with Gasteiger partial charge in [0.1, 0.15) is 0 Å². The van der Waals surface area contributed by atoms with Crippen LogP contribution in [0.15, 0.2) is 54.6 Å². The third kappa shape index (κ3) is 11.1. The molecule has 0 spiro atoms. The lowest BCUT2D eigenvalue weighted by Gasteiger charge is -2.23. The van der Waals surface area contributed by atoms with Gasteiger partial charge >= 0.3 is 12.2 Å². The van der Waals surface area contributed by atoms with Crippen molar-refractivity contribution in [3.05, 3.63) is 60.2 Å². The molecule has 2 rings (SSSR count). The van der Waals surface area contributed by atoms with Crippen LogP contribution in [0.25, 0.3) is 0 Å². The number of carbonyl (C=O) groups is 2. The molecule has 2 aromatic carbocycles. The number of unbranched alkanes of at least 4 members (excludes halogenated alkanes) is 8. The second-order valence-corrected chi connectivity index (χ2v) is 8.92. The number of urea groups is 1. The first-order valence-electron chi connectivity index (χ1n) is 12.9. The average molecular weight is 506 g/mol. The van der Waals surface area contributed by atoms with E-state index < -0.39 is 17.8 Å². The molecule has 2 N–H and O–H groups in total. The van der Waals surface area contributed by atoms with Crippen LogP contribution in [-0.4, -0.2) is 25.0 Å². The van der Waals surface area contributed by atoms with Gasteiger partial charge in [-0.25, -0.2) is 4.79 Å². The van der Waals surface area contributed by atoms with Crippen LogP contribution in [0.5, 0.6) is 0 Å². The molecule has 0 fully saturated rings. The Labute approximate surface area is 212 Å². The van der Waals surface area contributed by atoms with Gasteiger partial charge in [0.25, 0.3) is 0 Å². The predicted octanol–water partition coefficient (Wildman–Crippen LogP) is 7.78. The number of anilines is 2. The van der Waals surface area contributed by atoms with Crippen molar-refractivity contribution in [2.45, 2.75) is 77.3 Å². The largest absolute Gasteiger partial charge is 0.416 e. The van der Waals surface area contributed by atoms with Gasteiger partial charge in [0.05, 0.1) is 5.56 Å². The number of alkyl halides is 3. The molecule has 0 saturated carbocycles. The molecular weight excluding hydrogens is 467 g/mol. The molecule has 198 valence electrons. The van der Waals surface area contributed by atoms with E-state index in [4.69, 9.17) is 0 Å². The van der Waals surface area contributed by atoms with Gasteiger partial charge in [0.2, 0.25) is 5.91 Å². The average Bonchev–Trinajstić information content (AvgIpc) is 2.85. The van der Waals surface area contributed by atoms with Crippen molar-refractivity contribution in [2.75, 3.05) is 23.3 Å². The van der Waals surface area contributed by atoms with E-state index in [9.17, 15) is 22.8 Å². The summed E-state index contributed by atoms with van der Waals surface area (Å²) in [6, 6.07) is 12.7. The van der Waals surface area contributed by atoms with Crippen LogP contribution < -0.4 is 15.5 Å². The maximum atomic E-state index is 13.0. The van der Waals surface area contributed by atoms with Gasteiger partial charge in [-0.3, -0.25) is 9.69 Å². The van der Waals surface area contributed by atoms with E-state index in [1.807, 2.05) is 0 Å². The fraction of sp³-hybridized carbons (Fsp3) is 0.500. The van der Waals surface area contributed by atoms with Crippen molar-refractivity contribution in [3.63, 3.8) is 0 Å². The van der Waals surface area contributed by atoms with Crippen LogP contribution in [0.1, 0.15) is 76.7 Å². The molecule has 0 unspecified atom stereocenters. The van der Waals surface area contributed by atoms with Crippen LogP contribution in [0.4, 0.5) is 29.3 Å². The Morgan fingerprint density at radius 3 is 2.11 bits per heavy atom. The molecule has 36 heavy (non-hydrogen) atoms. The molecule has 5 nitrogen and oxygen atoms in total. The minimum atomic E-state index is -4.50. The highest BCUT2D eigenvalue weighted by Crippen LogP contribution is 2.30. The molecule has 3 amide bonds. The van der Waals surface area contributed by atoms with Crippen molar-refractivity contribution < 1.29 is 22.8 Å². The van der Waals surface area contributed by atoms with Crippen molar-refractivity contribution in [1.82, 2.24) is 5.32 Å². The number of hydrogen-bond donors (Lipinski definition) is 2. The lowest BCUT2D eigenvalue weighted by molar-refractivity contribution is -0.137. The highest BCUT2D eigenvalue weighted by atomic mass is 19.4. The van der Waals surface area contributed by atoms with Crippen LogP contribution >= 0.6 is 0 Å². The van der Waals surface area contributed by atoms with Crippen LogP contribution in [-0.2, 0) is 11.0 Å². The molecule has 0 saturated heterocycles. The molecule has 0 heterocycles. The predicted molar refractivity (Wildman–Crippen MR) is 139 cm³/mol. The quantitative estimate of drug-likeness (QED) is 0.243. The highest BCUT2D eigenvalue weighted by molar-refractivity contribution is 6.01. The monoisotopic (exact) mass is 505 g/mol. The van der Waals surface area contributed by atoms with Crippen molar-refractivity contribution in [3.8, 4) is 0 Å². The lowest BCUT2D eigenvalue weighted by Crippen LogP contribution is -2.41. The smallest absolute Gasteiger partial charge is 0.354 e. The van der Waals surface area contributed by atoms with E-state index in [-0.39, 0.29) is 24.7 Å². The first-order valence-corrected chi connectivity index (χ1v) is 12.9. The third-order valence-electron chi connectivity index (χ3n) is 5.92. The molecule has 0 aliphatic rings. The molecule has 0 bridgehead atoms. The Balaban J connectivity index is 1.80. The summed E-state index contributed by atoms with van der Waals surface area (Å²) in [6.07, 6.45) is 6.53. The van der Waals surface area contributed by atoms with Gasteiger partial charge in [0.15, 0.2) is 0 Å². The fourth-order valence-electron chi connectivity index (χ4n) is 3.91. The highest BCUT2D eigenvalue weighted by Gasteiger charge is 2.30. The Morgan fingerprint density at radius 2 is 1.47 bits per heavy atom. The third-order valence-corrected chi connectivity index (χ3v) is 5.92. The second-order valence-electron chi connectivity index (χ2n) is 8.92. The van der Waals surface area contributed by atoms with Crippen molar-refractivity contribution >= 4 is 23.3 Å². The lowest BCUT2D eigenvalue weighted by atomic mass is 10.1. The number of hydrogen-bond acceptors (Lipinski definition) is 2. The number of para-hydroxylation sites is 1. The summed E-state index contributed by atoms with van der Waals surface area (Å²) < 4.78 is 39.0. The standard InChI is InChI=1S/C28H38F3N3O2/c1-2-3-4-5-6-7-8-9-13-19-26(35)32-20-21-34(25-17-11-10-12-18-25)27(36)33-24-16-14-15-23(22-24)28(29,30)31/h10-12,14-18,22H,2-9,13,19-21H2,1H3,(H,32,35)(H,33,36). The summed E-state index contributed by atoms with van der Waals surface area (Å²) in [5.74, 6) is -0.0655. The zero-order valence-corrected chi connectivity index (χ0v) is 21.1. The zero-order valence-electron chi connectivity index (χ0n) is 21.1. The summed E-state index contributed by atoms with van der Waals surface area (Å²) in [7, 11) is 0. The SMILES string of the molecule is CCCCCCCCCCCC(=O)NCCN(C(=O)Nc1cccc(C(F)(F)F)c1)c1ccccc1. The number of rotatable bonds is 15. The van der Waals surface area contributed by atoms with E-state index in [0.717, 1.165) is 31.4 Å². The van der Waals surface area contributed by atoms with Crippen molar-refractivity contribution in [1.29, 1.82) is 0 Å². The minimum Gasteiger partial charge on any atom is -0.354 e. The normalized spacial score (nSPS) is 11.2.